The smallest absolute Gasteiger partial charge is 0.153 e. The SMILES string of the molecule is c1cnc2c(c1)oc1ccc3ccc4[nH]cnc4c3c12. The Labute approximate surface area is 113 Å². The number of rotatable bonds is 0. The van der Waals surface area contributed by atoms with E-state index in [9.17, 15) is 0 Å². The Balaban J connectivity index is 2.21. The molecule has 0 fully saturated rings. The van der Waals surface area contributed by atoms with Crippen LogP contribution in [0.3, 0.4) is 0 Å². The van der Waals surface area contributed by atoms with Crippen molar-refractivity contribution in [2.24, 2.45) is 0 Å². The minimum atomic E-state index is 0.808. The summed E-state index contributed by atoms with van der Waals surface area (Å²) in [5.74, 6) is 0. The number of imidazole rings is 1. The fourth-order valence-electron chi connectivity index (χ4n) is 2.90. The molecule has 0 unspecified atom stereocenters. The number of nitrogens with zero attached hydrogens (tertiary/aromatic N) is 2. The molecule has 0 aliphatic rings. The second kappa shape index (κ2) is 3.36. The third-order valence-electron chi connectivity index (χ3n) is 3.76. The van der Waals surface area contributed by atoms with E-state index in [4.69, 9.17) is 4.42 Å². The minimum Gasteiger partial charge on any atom is -0.454 e. The van der Waals surface area contributed by atoms with Gasteiger partial charge in [-0.1, -0.05) is 12.1 Å². The van der Waals surface area contributed by atoms with Crippen LogP contribution in [0.5, 0.6) is 0 Å². The molecular formula is C16H9N3O. The van der Waals surface area contributed by atoms with Crippen LogP contribution in [-0.4, -0.2) is 15.0 Å². The molecule has 0 saturated carbocycles. The summed E-state index contributed by atoms with van der Waals surface area (Å²) in [7, 11) is 0. The summed E-state index contributed by atoms with van der Waals surface area (Å²) in [5.41, 5.74) is 4.53. The van der Waals surface area contributed by atoms with Crippen LogP contribution in [0.15, 0.2) is 53.3 Å². The normalized spacial score (nSPS) is 12.0. The molecule has 4 heteroatoms. The van der Waals surface area contributed by atoms with Gasteiger partial charge in [0, 0.05) is 11.6 Å². The van der Waals surface area contributed by atoms with Crippen molar-refractivity contribution in [2.75, 3.05) is 0 Å². The van der Waals surface area contributed by atoms with Gasteiger partial charge in [-0.3, -0.25) is 4.98 Å². The van der Waals surface area contributed by atoms with E-state index in [-0.39, 0.29) is 0 Å². The van der Waals surface area contributed by atoms with Gasteiger partial charge in [0.2, 0.25) is 0 Å². The lowest BCUT2D eigenvalue weighted by Crippen LogP contribution is -1.79. The quantitative estimate of drug-likeness (QED) is 0.457. The lowest BCUT2D eigenvalue weighted by Gasteiger charge is -2.00. The van der Waals surface area contributed by atoms with Crippen molar-refractivity contribution in [1.82, 2.24) is 15.0 Å². The zero-order valence-electron chi connectivity index (χ0n) is 10.4. The third-order valence-corrected chi connectivity index (χ3v) is 3.76. The van der Waals surface area contributed by atoms with E-state index in [1.54, 1.807) is 12.5 Å². The number of fused-ring (bicyclic) bond motifs is 7. The molecule has 0 radical (unpaired) electrons. The highest BCUT2D eigenvalue weighted by Crippen LogP contribution is 2.36. The summed E-state index contributed by atoms with van der Waals surface area (Å²) in [4.78, 5) is 12.1. The van der Waals surface area contributed by atoms with Crippen molar-refractivity contribution in [3.05, 3.63) is 48.9 Å². The molecule has 0 bridgehead atoms. The summed E-state index contributed by atoms with van der Waals surface area (Å²) in [5, 5.41) is 3.28. The van der Waals surface area contributed by atoms with Gasteiger partial charge in [0.1, 0.15) is 11.1 Å². The van der Waals surface area contributed by atoms with Crippen LogP contribution in [0.2, 0.25) is 0 Å². The number of hydrogen-bond donors (Lipinski definition) is 1. The van der Waals surface area contributed by atoms with Crippen molar-refractivity contribution in [3.63, 3.8) is 0 Å². The van der Waals surface area contributed by atoms with E-state index < -0.39 is 0 Å². The molecule has 4 nitrogen and oxygen atoms in total. The Morgan fingerprint density at radius 1 is 0.850 bits per heavy atom. The van der Waals surface area contributed by atoms with E-state index in [0.29, 0.717) is 0 Å². The van der Waals surface area contributed by atoms with E-state index in [1.807, 2.05) is 24.3 Å². The zero-order valence-corrected chi connectivity index (χ0v) is 10.4. The van der Waals surface area contributed by atoms with Crippen molar-refractivity contribution in [1.29, 1.82) is 0 Å². The van der Waals surface area contributed by atoms with Crippen molar-refractivity contribution >= 4 is 43.9 Å². The Bertz CT molecular complexity index is 1100. The van der Waals surface area contributed by atoms with Crippen LogP contribution in [0, 0.1) is 0 Å². The fourth-order valence-corrected chi connectivity index (χ4v) is 2.90. The Morgan fingerprint density at radius 2 is 1.80 bits per heavy atom. The summed E-state index contributed by atoms with van der Waals surface area (Å²) in [6, 6.07) is 12.0. The van der Waals surface area contributed by atoms with Crippen molar-refractivity contribution in [2.45, 2.75) is 0 Å². The highest BCUT2D eigenvalue weighted by molar-refractivity contribution is 6.24. The molecule has 0 spiro atoms. The number of benzene rings is 2. The van der Waals surface area contributed by atoms with Crippen LogP contribution >= 0.6 is 0 Å². The number of H-pyrrole nitrogens is 1. The number of nitrogens with one attached hydrogen (secondary N) is 1. The average molecular weight is 259 g/mol. The van der Waals surface area contributed by atoms with Gasteiger partial charge in [-0.15, -0.1) is 0 Å². The number of hydrogen-bond acceptors (Lipinski definition) is 3. The number of aromatic amines is 1. The van der Waals surface area contributed by atoms with E-state index >= 15 is 0 Å². The maximum atomic E-state index is 5.89. The molecule has 0 amide bonds. The van der Waals surface area contributed by atoms with Crippen LogP contribution in [0.1, 0.15) is 0 Å². The Morgan fingerprint density at radius 3 is 2.80 bits per heavy atom. The Kier molecular flexibility index (Phi) is 1.68. The molecule has 0 aliphatic heterocycles. The monoisotopic (exact) mass is 259 g/mol. The molecule has 0 aliphatic carbocycles. The molecule has 5 aromatic rings. The lowest BCUT2D eigenvalue weighted by atomic mass is 10.0. The van der Waals surface area contributed by atoms with E-state index in [0.717, 1.165) is 43.9 Å². The topological polar surface area (TPSA) is 54.7 Å². The van der Waals surface area contributed by atoms with Crippen LogP contribution in [-0.2, 0) is 0 Å². The van der Waals surface area contributed by atoms with Gasteiger partial charge in [-0.2, -0.15) is 0 Å². The highest BCUT2D eigenvalue weighted by atomic mass is 16.3. The van der Waals surface area contributed by atoms with E-state index in [2.05, 4.69) is 27.1 Å². The predicted octanol–water partition coefficient (Wildman–Crippen LogP) is 4.01. The molecule has 2 aromatic carbocycles. The molecule has 5 rings (SSSR count). The summed E-state index contributed by atoms with van der Waals surface area (Å²) < 4.78 is 5.89. The molecule has 0 atom stereocenters. The lowest BCUT2D eigenvalue weighted by molar-refractivity contribution is 0.668. The van der Waals surface area contributed by atoms with Crippen LogP contribution in [0.25, 0.3) is 43.9 Å². The van der Waals surface area contributed by atoms with E-state index in [1.165, 1.54) is 0 Å². The number of pyridine rings is 1. The first-order valence-corrected chi connectivity index (χ1v) is 6.44. The number of furan rings is 1. The first kappa shape index (κ1) is 9.97. The second-order valence-corrected chi connectivity index (χ2v) is 4.85. The van der Waals surface area contributed by atoms with Crippen molar-refractivity contribution < 1.29 is 4.42 Å². The zero-order chi connectivity index (χ0) is 13.1. The molecule has 94 valence electrons. The van der Waals surface area contributed by atoms with Gasteiger partial charge in [0.05, 0.1) is 22.7 Å². The first-order valence-electron chi connectivity index (χ1n) is 6.44. The standard InChI is InChI=1S/C16H9N3O/c1-2-12-16(17-7-1)14-11(20-12)6-4-9-3-5-10-15(13(9)14)19-8-18-10/h1-8H,(H,18,19). The molecule has 3 aromatic heterocycles. The summed E-state index contributed by atoms with van der Waals surface area (Å²) in [6.07, 6.45) is 3.51. The molecule has 1 N–H and O–H groups in total. The van der Waals surface area contributed by atoms with Gasteiger partial charge < -0.3 is 9.40 Å². The fraction of sp³-hybridized carbons (Fsp3) is 0. The van der Waals surface area contributed by atoms with Crippen LogP contribution in [0.4, 0.5) is 0 Å². The van der Waals surface area contributed by atoms with Gasteiger partial charge >= 0.3 is 0 Å². The third kappa shape index (κ3) is 1.11. The molecule has 20 heavy (non-hydrogen) atoms. The molecular weight excluding hydrogens is 250 g/mol. The van der Waals surface area contributed by atoms with Gasteiger partial charge in [-0.05, 0) is 29.7 Å². The largest absolute Gasteiger partial charge is 0.454 e. The van der Waals surface area contributed by atoms with Crippen molar-refractivity contribution in [3.8, 4) is 0 Å². The summed E-state index contributed by atoms with van der Waals surface area (Å²) >= 11 is 0. The van der Waals surface area contributed by atoms with Gasteiger partial charge in [-0.25, -0.2) is 4.98 Å². The average Bonchev–Trinajstić information content (AvgIpc) is 3.10. The maximum Gasteiger partial charge on any atom is 0.153 e. The number of aromatic nitrogens is 3. The minimum absolute atomic E-state index is 0.808. The highest BCUT2D eigenvalue weighted by Gasteiger charge is 2.14. The maximum absolute atomic E-state index is 5.89. The second-order valence-electron chi connectivity index (χ2n) is 4.85. The van der Waals surface area contributed by atoms with Gasteiger partial charge in [0.15, 0.2) is 5.58 Å². The summed E-state index contributed by atoms with van der Waals surface area (Å²) in [6.45, 7) is 0. The van der Waals surface area contributed by atoms with Crippen LogP contribution < -0.4 is 0 Å². The Hall–Kier alpha value is -2.88. The van der Waals surface area contributed by atoms with Gasteiger partial charge in [0.25, 0.3) is 0 Å². The first-order chi connectivity index (χ1) is 9.92. The molecule has 3 heterocycles. The predicted molar refractivity (Wildman–Crippen MR) is 78.7 cm³/mol. The molecule has 0 saturated heterocycles.